The highest BCUT2D eigenvalue weighted by molar-refractivity contribution is 7.11. The topological polar surface area (TPSA) is 33.2 Å². The molecular formula is C17H19FN2OS. The number of hydrogen-bond donors (Lipinski definition) is 0. The monoisotopic (exact) mass is 318 g/mol. The van der Waals surface area contributed by atoms with E-state index in [1.165, 1.54) is 10.9 Å². The van der Waals surface area contributed by atoms with Crippen molar-refractivity contribution in [2.24, 2.45) is 0 Å². The van der Waals surface area contributed by atoms with Gasteiger partial charge in [0.25, 0.3) is 5.91 Å². The van der Waals surface area contributed by atoms with Crippen LogP contribution in [0.4, 0.5) is 4.39 Å². The summed E-state index contributed by atoms with van der Waals surface area (Å²) < 4.78 is 13.8. The van der Waals surface area contributed by atoms with Gasteiger partial charge < -0.3 is 4.90 Å². The summed E-state index contributed by atoms with van der Waals surface area (Å²) in [7, 11) is 0. The van der Waals surface area contributed by atoms with E-state index in [1.807, 2.05) is 6.92 Å². The largest absolute Gasteiger partial charge is 0.338 e. The summed E-state index contributed by atoms with van der Waals surface area (Å²) in [5.74, 6) is -0.398. The number of halogens is 1. The summed E-state index contributed by atoms with van der Waals surface area (Å²) >= 11 is 1.71. The lowest BCUT2D eigenvalue weighted by molar-refractivity contribution is 0.0702. The van der Waals surface area contributed by atoms with Crippen molar-refractivity contribution in [3.8, 4) is 0 Å². The van der Waals surface area contributed by atoms with Crippen LogP contribution in [0.2, 0.25) is 0 Å². The van der Waals surface area contributed by atoms with E-state index in [-0.39, 0.29) is 17.4 Å². The Balaban J connectivity index is 1.78. The van der Waals surface area contributed by atoms with Gasteiger partial charge in [-0.1, -0.05) is 12.1 Å². The van der Waals surface area contributed by atoms with Gasteiger partial charge in [0.05, 0.1) is 16.3 Å². The van der Waals surface area contributed by atoms with Gasteiger partial charge >= 0.3 is 0 Å². The molecule has 0 radical (unpaired) electrons. The van der Waals surface area contributed by atoms with Crippen molar-refractivity contribution in [2.75, 3.05) is 13.1 Å². The summed E-state index contributed by atoms with van der Waals surface area (Å²) in [4.78, 5) is 20.2. The molecule has 0 spiro atoms. The first-order valence-corrected chi connectivity index (χ1v) is 8.35. The van der Waals surface area contributed by atoms with Gasteiger partial charge in [0.1, 0.15) is 5.82 Å². The van der Waals surface area contributed by atoms with Crippen molar-refractivity contribution >= 4 is 17.2 Å². The molecule has 1 aromatic carbocycles. The van der Waals surface area contributed by atoms with Crippen molar-refractivity contribution in [2.45, 2.75) is 32.6 Å². The lowest BCUT2D eigenvalue weighted by Crippen LogP contribution is -2.39. The fraction of sp³-hybridized carbons (Fsp3) is 0.412. The number of carbonyl (C=O) groups is 1. The second-order valence-corrected chi connectivity index (χ2v) is 7.00. The fourth-order valence-electron chi connectivity index (χ4n) is 2.84. The van der Waals surface area contributed by atoms with Crippen LogP contribution in [0.5, 0.6) is 0 Å². The Bertz CT molecular complexity index is 678. The van der Waals surface area contributed by atoms with E-state index in [2.05, 4.69) is 11.9 Å². The molecule has 1 saturated heterocycles. The summed E-state index contributed by atoms with van der Waals surface area (Å²) in [5.41, 5.74) is 1.23. The number of rotatable bonds is 2. The predicted octanol–water partition coefficient (Wildman–Crippen LogP) is 3.92. The molecule has 5 heteroatoms. The average molecular weight is 318 g/mol. The highest BCUT2D eigenvalue weighted by atomic mass is 32.1. The maximum absolute atomic E-state index is 13.8. The van der Waals surface area contributed by atoms with Crippen LogP contribution in [0.15, 0.2) is 24.3 Å². The molecule has 22 heavy (non-hydrogen) atoms. The minimum absolute atomic E-state index is 0.162. The molecule has 0 saturated carbocycles. The average Bonchev–Trinajstić information content (AvgIpc) is 2.87. The summed E-state index contributed by atoms with van der Waals surface area (Å²) in [5, 5.41) is 1.10. The molecule has 1 fully saturated rings. The van der Waals surface area contributed by atoms with Crippen molar-refractivity contribution in [1.29, 1.82) is 0 Å². The van der Waals surface area contributed by atoms with Gasteiger partial charge in [-0.2, -0.15) is 0 Å². The molecule has 1 atom stereocenters. The van der Waals surface area contributed by atoms with Crippen LogP contribution in [0, 0.1) is 19.7 Å². The van der Waals surface area contributed by atoms with E-state index in [0.29, 0.717) is 13.1 Å². The SMILES string of the molecule is Cc1nc([C@@H]2CCCN(C(=O)c3ccccc3F)C2)sc1C. The Hall–Kier alpha value is -1.75. The third-order valence-electron chi connectivity index (χ3n) is 4.21. The third kappa shape index (κ3) is 2.90. The van der Waals surface area contributed by atoms with Crippen molar-refractivity contribution in [3.63, 3.8) is 0 Å². The lowest BCUT2D eigenvalue weighted by Gasteiger charge is -2.32. The molecule has 3 nitrogen and oxygen atoms in total. The van der Waals surface area contributed by atoms with E-state index in [1.54, 1.807) is 34.4 Å². The maximum atomic E-state index is 13.8. The molecule has 116 valence electrons. The molecule has 0 unspecified atom stereocenters. The Morgan fingerprint density at radius 2 is 2.14 bits per heavy atom. The van der Waals surface area contributed by atoms with Gasteiger partial charge in [-0.3, -0.25) is 4.79 Å². The van der Waals surface area contributed by atoms with E-state index in [4.69, 9.17) is 0 Å². The van der Waals surface area contributed by atoms with E-state index in [9.17, 15) is 9.18 Å². The highest BCUT2D eigenvalue weighted by Gasteiger charge is 2.28. The number of aryl methyl sites for hydroxylation is 2. The van der Waals surface area contributed by atoms with Crippen LogP contribution >= 0.6 is 11.3 Å². The third-order valence-corrected chi connectivity index (χ3v) is 5.44. The molecule has 0 N–H and O–H groups in total. The van der Waals surface area contributed by atoms with Crippen LogP contribution in [-0.4, -0.2) is 28.9 Å². The highest BCUT2D eigenvalue weighted by Crippen LogP contribution is 2.31. The molecule has 1 aliphatic heterocycles. The first-order valence-electron chi connectivity index (χ1n) is 7.54. The zero-order chi connectivity index (χ0) is 15.7. The number of hydrogen-bond acceptors (Lipinski definition) is 3. The summed E-state index contributed by atoms with van der Waals surface area (Å²) in [6.07, 6.45) is 1.97. The molecule has 0 aliphatic carbocycles. The van der Waals surface area contributed by atoms with Gasteiger partial charge in [-0.05, 0) is 38.8 Å². The molecule has 0 bridgehead atoms. The quantitative estimate of drug-likeness (QED) is 0.841. The number of thiazole rings is 1. The molecule has 1 amide bonds. The van der Waals surface area contributed by atoms with Gasteiger partial charge in [0.2, 0.25) is 0 Å². The Kier molecular flexibility index (Phi) is 4.25. The smallest absolute Gasteiger partial charge is 0.256 e. The Morgan fingerprint density at radius 1 is 1.36 bits per heavy atom. The zero-order valence-electron chi connectivity index (χ0n) is 12.8. The second-order valence-electron chi connectivity index (χ2n) is 5.76. The number of nitrogens with zero attached hydrogens (tertiary/aromatic N) is 2. The standard InChI is InChI=1S/C17H19FN2OS/c1-11-12(2)22-16(19-11)13-6-5-9-20(10-13)17(21)14-7-3-4-8-15(14)18/h3-4,7-8,13H,5-6,9-10H2,1-2H3/t13-/m1/s1. The summed E-state index contributed by atoms with van der Waals surface area (Å²) in [6.45, 7) is 5.40. The van der Waals surface area contributed by atoms with Crippen LogP contribution in [0.1, 0.15) is 44.7 Å². The number of likely N-dealkylation sites (tertiary alicyclic amines) is 1. The molecule has 1 aliphatic rings. The van der Waals surface area contributed by atoms with Crippen molar-refractivity contribution in [3.05, 3.63) is 51.2 Å². The molecule has 2 aromatic rings. The van der Waals surface area contributed by atoms with Crippen LogP contribution < -0.4 is 0 Å². The van der Waals surface area contributed by atoms with Gasteiger partial charge in [-0.25, -0.2) is 9.37 Å². The van der Waals surface area contributed by atoms with Gasteiger partial charge in [-0.15, -0.1) is 11.3 Å². The van der Waals surface area contributed by atoms with E-state index in [0.717, 1.165) is 23.5 Å². The first kappa shape index (κ1) is 15.2. The molecule has 3 rings (SSSR count). The minimum atomic E-state index is -0.449. The molecule has 1 aromatic heterocycles. The fourth-order valence-corrected chi connectivity index (χ4v) is 3.89. The number of amides is 1. The maximum Gasteiger partial charge on any atom is 0.256 e. The molecular weight excluding hydrogens is 299 g/mol. The first-order chi connectivity index (χ1) is 10.6. The lowest BCUT2D eigenvalue weighted by atomic mass is 9.98. The van der Waals surface area contributed by atoms with E-state index >= 15 is 0 Å². The van der Waals surface area contributed by atoms with Gasteiger partial charge in [0.15, 0.2) is 0 Å². The number of piperidine rings is 1. The van der Waals surface area contributed by atoms with Crippen molar-refractivity contribution < 1.29 is 9.18 Å². The Morgan fingerprint density at radius 3 is 2.82 bits per heavy atom. The van der Waals surface area contributed by atoms with Gasteiger partial charge in [0, 0.05) is 23.9 Å². The van der Waals surface area contributed by atoms with Crippen molar-refractivity contribution in [1.82, 2.24) is 9.88 Å². The number of aromatic nitrogens is 1. The van der Waals surface area contributed by atoms with E-state index < -0.39 is 5.82 Å². The van der Waals surface area contributed by atoms with Crippen LogP contribution in [0.25, 0.3) is 0 Å². The number of benzene rings is 1. The number of carbonyl (C=O) groups excluding carboxylic acids is 1. The second kappa shape index (κ2) is 6.16. The van der Waals surface area contributed by atoms with Crippen LogP contribution in [-0.2, 0) is 0 Å². The Labute approximate surface area is 133 Å². The van der Waals surface area contributed by atoms with Crippen LogP contribution in [0.3, 0.4) is 0 Å². The summed E-state index contributed by atoms with van der Waals surface area (Å²) in [6, 6.07) is 6.19. The minimum Gasteiger partial charge on any atom is -0.338 e. The normalized spacial score (nSPS) is 18.5. The zero-order valence-corrected chi connectivity index (χ0v) is 13.6. The predicted molar refractivity (Wildman–Crippen MR) is 85.9 cm³/mol. The molecule has 2 heterocycles.